The van der Waals surface area contributed by atoms with Crippen LogP contribution in [0.4, 0.5) is 10.5 Å². The summed E-state index contributed by atoms with van der Waals surface area (Å²) >= 11 is 0. The van der Waals surface area contributed by atoms with Crippen LogP contribution >= 0.6 is 0 Å². The van der Waals surface area contributed by atoms with Crippen molar-refractivity contribution in [1.82, 2.24) is 15.5 Å². The largest absolute Gasteiger partial charge is 0.345 e. The Morgan fingerprint density at radius 3 is 2.74 bits per heavy atom. The Morgan fingerprint density at radius 1 is 1.13 bits per heavy atom. The van der Waals surface area contributed by atoms with E-state index >= 15 is 0 Å². The van der Waals surface area contributed by atoms with E-state index < -0.39 is 35.8 Å². The molecule has 8 heteroatoms. The summed E-state index contributed by atoms with van der Waals surface area (Å²) in [5, 5.41) is 7.82. The van der Waals surface area contributed by atoms with Crippen molar-refractivity contribution in [2.75, 3.05) is 18.4 Å². The Balaban J connectivity index is 1.35. The van der Waals surface area contributed by atoms with Crippen LogP contribution in [0.25, 0.3) is 0 Å². The lowest BCUT2D eigenvalue weighted by Gasteiger charge is -2.22. The second kappa shape index (κ2) is 7.95. The number of hydrogen-bond donors (Lipinski definition) is 3. The maximum atomic E-state index is 13.0. The molecule has 0 aromatic heterocycles. The molecule has 8 nitrogen and oxygen atoms in total. The van der Waals surface area contributed by atoms with Gasteiger partial charge < -0.3 is 16.0 Å². The highest BCUT2D eigenvalue weighted by molar-refractivity contribution is 6.10. The van der Waals surface area contributed by atoms with Crippen LogP contribution in [0.15, 0.2) is 48.5 Å². The number of amides is 5. The van der Waals surface area contributed by atoms with Crippen LogP contribution in [0.2, 0.25) is 0 Å². The highest BCUT2D eigenvalue weighted by atomic mass is 16.2. The summed E-state index contributed by atoms with van der Waals surface area (Å²) in [6, 6.07) is 13.6. The van der Waals surface area contributed by atoms with E-state index in [1.165, 1.54) is 0 Å². The van der Waals surface area contributed by atoms with Gasteiger partial charge in [-0.1, -0.05) is 36.3 Å². The van der Waals surface area contributed by atoms with Crippen LogP contribution in [0, 0.1) is 12.3 Å². The number of hydrogen-bond acceptors (Lipinski definition) is 4. The minimum Gasteiger partial charge on any atom is -0.345 e. The van der Waals surface area contributed by atoms with Crippen molar-refractivity contribution < 1.29 is 19.2 Å². The number of fused-ring (bicyclic) bond motifs is 2. The molecule has 1 heterocycles. The van der Waals surface area contributed by atoms with Gasteiger partial charge in [0.25, 0.3) is 5.91 Å². The molecule has 4 rings (SSSR count). The fourth-order valence-corrected chi connectivity index (χ4v) is 4.00. The van der Waals surface area contributed by atoms with Crippen molar-refractivity contribution in [1.29, 1.82) is 0 Å². The molecule has 0 saturated carbocycles. The quantitative estimate of drug-likeness (QED) is 0.501. The topological polar surface area (TPSA) is 108 Å². The molecule has 0 bridgehead atoms. The average Bonchev–Trinajstić information content (AvgIpc) is 3.25. The summed E-state index contributed by atoms with van der Waals surface area (Å²) in [4.78, 5) is 50.8. The second-order valence-electron chi connectivity index (χ2n) is 7.43. The van der Waals surface area contributed by atoms with E-state index in [1.54, 1.807) is 24.3 Å². The Morgan fingerprint density at radius 2 is 1.94 bits per heavy atom. The SMILES string of the molecule is C#Cc1cccc(NC(=O)CNC(=O)CN2C(=O)NC3(CCc4ccccc43)C2=O)c1. The molecular formula is C23H20N4O4. The zero-order valence-electron chi connectivity index (χ0n) is 16.6. The zero-order valence-corrected chi connectivity index (χ0v) is 16.6. The number of carbonyl (C=O) groups excluding carboxylic acids is 4. The third kappa shape index (κ3) is 3.73. The van der Waals surface area contributed by atoms with Gasteiger partial charge in [0.2, 0.25) is 11.8 Å². The van der Waals surface area contributed by atoms with E-state index in [2.05, 4.69) is 21.9 Å². The monoisotopic (exact) mass is 416 g/mol. The molecule has 1 saturated heterocycles. The number of benzene rings is 2. The van der Waals surface area contributed by atoms with Crippen LogP contribution < -0.4 is 16.0 Å². The average molecular weight is 416 g/mol. The van der Waals surface area contributed by atoms with Crippen LogP contribution in [0.1, 0.15) is 23.1 Å². The molecule has 156 valence electrons. The fraction of sp³-hybridized carbons (Fsp3) is 0.217. The van der Waals surface area contributed by atoms with Gasteiger partial charge in [0, 0.05) is 11.3 Å². The minimum absolute atomic E-state index is 0.309. The lowest BCUT2D eigenvalue weighted by atomic mass is 9.92. The molecular weight excluding hydrogens is 396 g/mol. The molecule has 2 aliphatic rings. The number of nitrogens with one attached hydrogen (secondary N) is 3. The predicted octanol–water partition coefficient (Wildman–Crippen LogP) is 1.12. The second-order valence-corrected chi connectivity index (χ2v) is 7.43. The first kappa shape index (κ1) is 20.2. The number of anilines is 1. The zero-order chi connectivity index (χ0) is 22.0. The Kier molecular flexibility index (Phi) is 5.17. The molecule has 1 aliphatic heterocycles. The highest BCUT2D eigenvalue weighted by Crippen LogP contribution is 2.41. The number of carbonyl (C=O) groups is 4. The van der Waals surface area contributed by atoms with Gasteiger partial charge >= 0.3 is 6.03 Å². The van der Waals surface area contributed by atoms with Crippen LogP contribution in [-0.4, -0.2) is 41.7 Å². The molecule has 0 radical (unpaired) electrons. The number of urea groups is 1. The highest BCUT2D eigenvalue weighted by Gasteiger charge is 2.55. The van der Waals surface area contributed by atoms with Crippen molar-refractivity contribution in [3.05, 3.63) is 65.2 Å². The van der Waals surface area contributed by atoms with Gasteiger partial charge in [0.1, 0.15) is 12.1 Å². The van der Waals surface area contributed by atoms with Gasteiger partial charge in [0.15, 0.2) is 0 Å². The molecule has 2 aromatic rings. The Bertz CT molecular complexity index is 1140. The summed E-state index contributed by atoms with van der Waals surface area (Å²) < 4.78 is 0. The number of imide groups is 1. The van der Waals surface area contributed by atoms with E-state index in [9.17, 15) is 19.2 Å². The molecule has 2 aromatic carbocycles. The van der Waals surface area contributed by atoms with Crippen molar-refractivity contribution in [2.24, 2.45) is 0 Å². The number of terminal acetylenes is 1. The predicted molar refractivity (Wildman–Crippen MR) is 113 cm³/mol. The van der Waals surface area contributed by atoms with E-state index in [1.807, 2.05) is 24.3 Å². The summed E-state index contributed by atoms with van der Waals surface area (Å²) in [6.07, 6.45) is 6.46. The number of nitrogens with zero attached hydrogens (tertiary/aromatic N) is 1. The van der Waals surface area contributed by atoms with Gasteiger partial charge in [-0.3, -0.25) is 19.3 Å². The fourth-order valence-electron chi connectivity index (χ4n) is 4.00. The molecule has 5 amide bonds. The van der Waals surface area contributed by atoms with E-state index in [4.69, 9.17) is 6.42 Å². The maximum Gasteiger partial charge on any atom is 0.325 e. The first-order valence-corrected chi connectivity index (χ1v) is 9.79. The third-order valence-electron chi connectivity index (χ3n) is 5.48. The summed E-state index contributed by atoms with van der Waals surface area (Å²) in [5.41, 5.74) is 1.78. The Labute approximate surface area is 179 Å². The summed E-state index contributed by atoms with van der Waals surface area (Å²) in [7, 11) is 0. The molecule has 31 heavy (non-hydrogen) atoms. The minimum atomic E-state index is -1.12. The van der Waals surface area contributed by atoms with Gasteiger partial charge in [-0.2, -0.15) is 0 Å². The van der Waals surface area contributed by atoms with Crippen molar-refractivity contribution in [2.45, 2.75) is 18.4 Å². The van der Waals surface area contributed by atoms with Gasteiger partial charge in [-0.05, 0) is 42.2 Å². The number of rotatable bonds is 5. The molecule has 1 atom stereocenters. The summed E-state index contributed by atoms with van der Waals surface area (Å²) in [5.74, 6) is 0.950. The Hall–Kier alpha value is -4.12. The van der Waals surface area contributed by atoms with Gasteiger partial charge in [-0.25, -0.2) is 4.79 Å². The lowest BCUT2D eigenvalue weighted by Crippen LogP contribution is -2.44. The van der Waals surface area contributed by atoms with Crippen molar-refractivity contribution in [3.63, 3.8) is 0 Å². The molecule has 3 N–H and O–H groups in total. The molecule has 1 unspecified atom stereocenters. The summed E-state index contributed by atoms with van der Waals surface area (Å²) in [6.45, 7) is -0.773. The van der Waals surface area contributed by atoms with E-state index in [-0.39, 0.29) is 6.54 Å². The van der Waals surface area contributed by atoms with E-state index in [0.717, 1.165) is 16.0 Å². The lowest BCUT2D eigenvalue weighted by molar-refractivity contribution is -0.135. The number of aryl methyl sites for hydroxylation is 1. The first-order chi connectivity index (χ1) is 14.9. The first-order valence-electron chi connectivity index (χ1n) is 9.79. The van der Waals surface area contributed by atoms with Crippen LogP contribution in [0.3, 0.4) is 0 Å². The van der Waals surface area contributed by atoms with Crippen LogP contribution in [-0.2, 0) is 26.3 Å². The third-order valence-corrected chi connectivity index (χ3v) is 5.48. The van der Waals surface area contributed by atoms with E-state index in [0.29, 0.717) is 24.1 Å². The van der Waals surface area contributed by atoms with Gasteiger partial charge in [0.05, 0.1) is 6.54 Å². The standard InChI is InChI=1S/C23H20N4O4/c1-2-15-6-5-8-17(12-15)25-19(28)13-24-20(29)14-27-21(30)23(26-22(27)31)11-10-16-7-3-4-9-18(16)23/h1,3-9,12H,10-11,13-14H2,(H,24,29)(H,25,28)(H,26,31). The van der Waals surface area contributed by atoms with Gasteiger partial charge in [-0.15, -0.1) is 6.42 Å². The maximum absolute atomic E-state index is 13.0. The van der Waals surface area contributed by atoms with Crippen LogP contribution in [0.5, 0.6) is 0 Å². The molecule has 1 spiro atoms. The molecule has 1 fully saturated rings. The smallest absolute Gasteiger partial charge is 0.325 e. The normalized spacial score (nSPS) is 19.0. The van der Waals surface area contributed by atoms with Crippen molar-refractivity contribution >= 4 is 29.4 Å². The molecule has 1 aliphatic carbocycles. The van der Waals surface area contributed by atoms with Crippen molar-refractivity contribution in [3.8, 4) is 12.3 Å².